The van der Waals surface area contributed by atoms with E-state index < -0.39 is 5.97 Å². The molecule has 30 heavy (non-hydrogen) atoms. The molecule has 1 aliphatic rings. The molecule has 0 radical (unpaired) electrons. The zero-order chi connectivity index (χ0) is 21.5. The van der Waals surface area contributed by atoms with Gasteiger partial charge in [-0.1, -0.05) is 62.6 Å². The minimum absolute atomic E-state index is 0.134. The molecule has 6 heteroatoms. The van der Waals surface area contributed by atoms with Crippen molar-refractivity contribution in [3.05, 3.63) is 64.7 Å². The summed E-state index contributed by atoms with van der Waals surface area (Å²) in [5.41, 5.74) is 1.22. The molecule has 2 aromatic rings. The minimum atomic E-state index is -0.582. The van der Waals surface area contributed by atoms with Gasteiger partial charge in [0.05, 0.1) is 0 Å². The second kappa shape index (κ2) is 10.5. The average Bonchev–Trinajstić information content (AvgIpc) is 2.75. The molecule has 1 saturated carbocycles. The fourth-order valence-electron chi connectivity index (χ4n) is 3.75. The average molecular weight is 430 g/mol. The maximum absolute atomic E-state index is 12.5. The van der Waals surface area contributed by atoms with E-state index in [1.54, 1.807) is 36.4 Å². The van der Waals surface area contributed by atoms with E-state index in [1.807, 2.05) is 12.1 Å². The summed E-state index contributed by atoms with van der Waals surface area (Å²) in [6.45, 7) is 4.36. The third kappa shape index (κ3) is 5.99. The molecule has 2 aromatic carbocycles. The Morgan fingerprint density at radius 1 is 1.07 bits per heavy atom. The topological polar surface area (TPSA) is 64.6 Å². The number of para-hydroxylation sites is 1. The van der Waals surface area contributed by atoms with Gasteiger partial charge in [-0.25, -0.2) is 4.79 Å². The van der Waals surface area contributed by atoms with Crippen LogP contribution in [0.25, 0.3) is 0 Å². The standard InChI is InChI=1S/C24H28ClNO4/c1-16-6-5-8-21(17(16)2)26-23(27)15-30-24(28)20-7-3-4-9-22(20)29-14-18-10-12-19(25)13-11-18/h3-4,7,9-13,16-17,21H,5-6,8,14-15H2,1-2H3,(H,26,27)/t16-,17+,21+/m1/s1. The molecule has 5 nitrogen and oxygen atoms in total. The highest BCUT2D eigenvalue weighted by molar-refractivity contribution is 6.30. The molecule has 0 spiro atoms. The fourth-order valence-corrected chi connectivity index (χ4v) is 3.87. The van der Waals surface area contributed by atoms with E-state index in [0.717, 1.165) is 18.4 Å². The molecule has 160 valence electrons. The summed E-state index contributed by atoms with van der Waals surface area (Å²) in [5.74, 6) is 0.556. The Morgan fingerprint density at radius 2 is 1.80 bits per heavy atom. The van der Waals surface area contributed by atoms with Gasteiger partial charge in [0.25, 0.3) is 5.91 Å². The highest BCUT2D eigenvalue weighted by Gasteiger charge is 2.28. The van der Waals surface area contributed by atoms with Crippen molar-refractivity contribution < 1.29 is 19.1 Å². The predicted molar refractivity (Wildman–Crippen MR) is 117 cm³/mol. The van der Waals surface area contributed by atoms with Gasteiger partial charge in [0.2, 0.25) is 0 Å². The molecular weight excluding hydrogens is 402 g/mol. The number of hydrogen-bond acceptors (Lipinski definition) is 4. The third-order valence-corrected chi connectivity index (χ3v) is 6.05. The SMILES string of the molecule is C[C@H]1[C@H](C)CCC[C@@H]1NC(=O)COC(=O)c1ccccc1OCc1ccc(Cl)cc1. The van der Waals surface area contributed by atoms with Crippen molar-refractivity contribution >= 4 is 23.5 Å². The van der Waals surface area contributed by atoms with Crippen LogP contribution in [0.5, 0.6) is 5.75 Å². The molecule has 1 N–H and O–H groups in total. The van der Waals surface area contributed by atoms with E-state index >= 15 is 0 Å². The molecule has 3 atom stereocenters. The molecule has 0 aliphatic heterocycles. The van der Waals surface area contributed by atoms with E-state index in [-0.39, 0.29) is 18.6 Å². The van der Waals surface area contributed by atoms with Crippen molar-refractivity contribution in [3.8, 4) is 5.75 Å². The summed E-state index contributed by atoms with van der Waals surface area (Å²) >= 11 is 5.90. The quantitative estimate of drug-likeness (QED) is 0.628. The molecular formula is C24H28ClNO4. The van der Waals surface area contributed by atoms with Gasteiger partial charge in [0, 0.05) is 11.1 Å². The number of esters is 1. The van der Waals surface area contributed by atoms with Crippen molar-refractivity contribution in [2.75, 3.05) is 6.61 Å². The van der Waals surface area contributed by atoms with Crippen LogP contribution in [-0.4, -0.2) is 24.5 Å². The molecule has 0 bridgehead atoms. The molecule has 1 aliphatic carbocycles. The van der Waals surface area contributed by atoms with Crippen LogP contribution in [-0.2, 0) is 16.1 Å². The number of halogens is 1. The van der Waals surface area contributed by atoms with Gasteiger partial charge in [0.1, 0.15) is 17.9 Å². The Labute approximate surface area is 182 Å². The lowest BCUT2D eigenvalue weighted by Gasteiger charge is -2.34. The van der Waals surface area contributed by atoms with E-state index in [9.17, 15) is 9.59 Å². The second-order valence-corrected chi connectivity index (χ2v) is 8.37. The first-order valence-electron chi connectivity index (χ1n) is 10.4. The normalized spacial score (nSPS) is 21.0. The molecule has 0 saturated heterocycles. The molecule has 0 heterocycles. The summed E-state index contributed by atoms with van der Waals surface area (Å²) in [4.78, 5) is 24.8. The highest BCUT2D eigenvalue weighted by Crippen LogP contribution is 2.29. The molecule has 1 fully saturated rings. The van der Waals surface area contributed by atoms with Gasteiger partial charge in [-0.15, -0.1) is 0 Å². The second-order valence-electron chi connectivity index (χ2n) is 7.93. The highest BCUT2D eigenvalue weighted by atomic mass is 35.5. The largest absolute Gasteiger partial charge is 0.488 e. The lowest BCUT2D eigenvalue weighted by Crippen LogP contribution is -2.45. The van der Waals surface area contributed by atoms with Crippen molar-refractivity contribution in [1.29, 1.82) is 0 Å². The first-order chi connectivity index (χ1) is 14.4. The lowest BCUT2D eigenvalue weighted by atomic mass is 9.78. The van der Waals surface area contributed by atoms with E-state index in [1.165, 1.54) is 6.42 Å². The maximum Gasteiger partial charge on any atom is 0.342 e. The van der Waals surface area contributed by atoms with Gasteiger partial charge in [-0.2, -0.15) is 0 Å². The Kier molecular flexibility index (Phi) is 7.75. The molecule has 1 amide bonds. The van der Waals surface area contributed by atoms with Crippen LogP contribution < -0.4 is 10.1 Å². The van der Waals surface area contributed by atoms with Crippen LogP contribution in [0.15, 0.2) is 48.5 Å². The Morgan fingerprint density at radius 3 is 2.57 bits per heavy atom. The lowest BCUT2D eigenvalue weighted by molar-refractivity contribution is -0.125. The van der Waals surface area contributed by atoms with Crippen LogP contribution in [0.2, 0.25) is 5.02 Å². The van der Waals surface area contributed by atoms with Gasteiger partial charge >= 0.3 is 5.97 Å². The predicted octanol–water partition coefficient (Wildman–Crippen LogP) is 5.02. The summed E-state index contributed by atoms with van der Waals surface area (Å²) in [6.07, 6.45) is 3.26. The van der Waals surface area contributed by atoms with Gasteiger partial charge in [-0.05, 0) is 48.1 Å². The van der Waals surface area contributed by atoms with E-state index in [4.69, 9.17) is 21.1 Å². The van der Waals surface area contributed by atoms with Gasteiger partial charge < -0.3 is 14.8 Å². The van der Waals surface area contributed by atoms with Crippen LogP contribution in [0, 0.1) is 11.8 Å². The van der Waals surface area contributed by atoms with E-state index in [2.05, 4.69) is 19.2 Å². The van der Waals surface area contributed by atoms with Crippen molar-refractivity contribution in [1.82, 2.24) is 5.32 Å². The smallest absolute Gasteiger partial charge is 0.342 e. The minimum Gasteiger partial charge on any atom is -0.488 e. The fraction of sp³-hybridized carbons (Fsp3) is 0.417. The number of hydrogen-bond donors (Lipinski definition) is 1. The number of carbonyl (C=O) groups excluding carboxylic acids is 2. The number of ether oxygens (including phenoxy) is 2. The molecule has 0 unspecified atom stereocenters. The first kappa shape index (κ1) is 22.2. The summed E-state index contributed by atoms with van der Waals surface area (Å²) in [7, 11) is 0. The summed E-state index contributed by atoms with van der Waals surface area (Å²) < 4.78 is 11.0. The Balaban J connectivity index is 1.53. The van der Waals surface area contributed by atoms with E-state index in [0.29, 0.717) is 34.8 Å². The maximum atomic E-state index is 12.5. The van der Waals surface area contributed by atoms with Crippen LogP contribution in [0.4, 0.5) is 0 Å². The molecule has 3 rings (SSSR count). The zero-order valence-corrected chi connectivity index (χ0v) is 18.2. The number of carbonyl (C=O) groups is 2. The van der Waals surface area contributed by atoms with Crippen molar-refractivity contribution in [2.45, 2.75) is 45.8 Å². The van der Waals surface area contributed by atoms with Crippen LogP contribution in [0.3, 0.4) is 0 Å². The number of nitrogens with one attached hydrogen (secondary N) is 1. The number of benzene rings is 2. The van der Waals surface area contributed by atoms with Crippen molar-refractivity contribution in [3.63, 3.8) is 0 Å². The monoisotopic (exact) mass is 429 g/mol. The molecule has 0 aromatic heterocycles. The summed E-state index contributed by atoms with van der Waals surface area (Å²) in [5, 5.41) is 3.66. The Hall–Kier alpha value is -2.53. The Bertz CT molecular complexity index is 868. The first-order valence-corrected chi connectivity index (χ1v) is 10.7. The van der Waals surface area contributed by atoms with Gasteiger partial charge in [-0.3, -0.25) is 4.79 Å². The number of rotatable bonds is 7. The van der Waals surface area contributed by atoms with Crippen LogP contribution >= 0.6 is 11.6 Å². The summed E-state index contributed by atoms with van der Waals surface area (Å²) in [6, 6.07) is 14.3. The third-order valence-electron chi connectivity index (χ3n) is 5.80. The number of amides is 1. The van der Waals surface area contributed by atoms with Crippen LogP contribution in [0.1, 0.15) is 49.0 Å². The zero-order valence-electron chi connectivity index (χ0n) is 17.4. The van der Waals surface area contributed by atoms with Gasteiger partial charge in [0.15, 0.2) is 6.61 Å². The van der Waals surface area contributed by atoms with Crippen molar-refractivity contribution in [2.24, 2.45) is 11.8 Å².